The second kappa shape index (κ2) is 6.91. The fourth-order valence-electron chi connectivity index (χ4n) is 1.30. The van der Waals surface area contributed by atoms with Crippen molar-refractivity contribution in [2.24, 2.45) is 5.41 Å². The van der Waals surface area contributed by atoms with Crippen LogP contribution < -0.4 is 5.32 Å². The van der Waals surface area contributed by atoms with Crippen LogP contribution in [0.25, 0.3) is 0 Å². The van der Waals surface area contributed by atoms with E-state index in [0.717, 1.165) is 0 Å². The van der Waals surface area contributed by atoms with E-state index < -0.39 is 0 Å². The van der Waals surface area contributed by atoms with Gasteiger partial charge in [-0.05, 0) is 11.5 Å². The van der Waals surface area contributed by atoms with Crippen molar-refractivity contribution < 1.29 is 9.90 Å². The first-order valence-electron chi connectivity index (χ1n) is 6.25. The molecule has 1 heterocycles. The van der Waals surface area contributed by atoms with E-state index >= 15 is 0 Å². The van der Waals surface area contributed by atoms with Crippen molar-refractivity contribution in [3.63, 3.8) is 0 Å². The fourth-order valence-corrected chi connectivity index (χ4v) is 1.30. The predicted molar refractivity (Wildman–Crippen MR) is 74.6 cm³/mol. The van der Waals surface area contributed by atoms with Crippen LogP contribution in [0, 0.1) is 17.3 Å². The van der Waals surface area contributed by atoms with Crippen molar-refractivity contribution >= 4 is 5.91 Å². The highest BCUT2D eigenvalue weighted by atomic mass is 16.2. The molecule has 102 valence electrons. The Labute approximate surface area is 114 Å². The van der Waals surface area contributed by atoms with Crippen molar-refractivity contribution in [2.45, 2.75) is 27.2 Å². The zero-order valence-electron chi connectivity index (χ0n) is 11.7. The van der Waals surface area contributed by atoms with Crippen LogP contribution in [0.1, 0.15) is 43.1 Å². The van der Waals surface area contributed by atoms with Gasteiger partial charge in [0.1, 0.15) is 0 Å². The number of nitrogens with one attached hydrogen (secondary N) is 1. The number of hydrogen-bond acceptors (Lipinski definition) is 3. The quantitative estimate of drug-likeness (QED) is 0.811. The lowest BCUT2D eigenvalue weighted by Crippen LogP contribution is -2.32. The average Bonchev–Trinajstić information content (AvgIpc) is 2.36. The van der Waals surface area contributed by atoms with Gasteiger partial charge in [-0.1, -0.05) is 32.6 Å². The zero-order chi connectivity index (χ0) is 14.3. The Hall–Kier alpha value is -1.86. The van der Waals surface area contributed by atoms with Gasteiger partial charge in [0.05, 0.1) is 12.2 Å². The maximum absolute atomic E-state index is 11.9. The molecule has 0 aromatic carbocycles. The zero-order valence-corrected chi connectivity index (χ0v) is 11.7. The van der Waals surface area contributed by atoms with Gasteiger partial charge in [0, 0.05) is 30.9 Å². The van der Waals surface area contributed by atoms with Gasteiger partial charge in [-0.25, -0.2) is 0 Å². The molecular formula is C15H20N2O2. The van der Waals surface area contributed by atoms with Crippen LogP contribution in [0.2, 0.25) is 0 Å². The van der Waals surface area contributed by atoms with E-state index in [9.17, 15) is 4.79 Å². The molecule has 0 bridgehead atoms. The van der Waals surface area contributed by atoms with Crippen LogP contribution >= 0.6 is 0 Å². The van der Waals surface area contributed by atoms with Gasteiger partial charge in [0.25, 0.3) is 5.91 Å². The highest BCUT2D eigenvalue weighted by Gasteiger charge is 2.13. The lowest BCUT2D eigenvalue weighted by molar-refractivity contribution is 0.0939. The van der Waals surface area contributed by atoms with E-state index in [-0.39, 0.29) is 17.9 Å². The summed E-state index contributed by atoms with van der Waals surface area (Å²) in [5.41, 5.74) is 1.22. The first-order valence-corrected chi connectivity index (χ1v) is 6.25. The molecule has 0 aliphatic rings. The molecule has 2 N–H and O–H groups in total. The summed E-state index contributed by atoms with van der Waals surface area (Å²) in [6, 6.07) is 1.70. The number of nitrogens with zero attached hydrogens (tertiary/aromatic N) is 1. The second-order valence-electron chi connectivity index (χ2n) is 5.48. The molecule has 4 heteroatoms. The van der Waals surface area contributed by atoms with Gasteiger partial charge in [-0.15, -0.1) is 0 Å². The summed E-state index contributed by atoms with van der Waals surface area (Å²) in [6.07, 6.45) is 3.54. The molecule has 1 aromatic heterocycles. The van der Waals surface area contributed by atoms with E-state index in [2.05, 4.69) is 42.9 Å². The lowest BCUT2D eigenvalue weighted by Gasteiger charge is -2.18. The maximum Gasteiger partial charge on any atom is 0.252 e. The van der Waals surface area contributed by atoms with Crippen LogP contribution in [0.5, 0.6) is 0 Å². The Balaban J connectivity index is 2.71. The third-order valence-corrected chi connectivity index (χ3v) is 2.25. The lowest BCUT2D eigenvalue weighted by atomic mass is 9.97. The first kappa shape index (κ1) is 15.2. The molecular weight excluding hydrogens is 240 g/mol. The van der Waals surface area contributed by atoms with Gasteiger partial charge in [0.15, 0.2) is 0 Å². The van der Waals surface area contributed by atoms with Crippen LogP contribution in [-0.4, -0.2) is 29.1 Å². The van der Waals surface area contributed by atoms with Crippen molar-refractivity contribution in [3.8, 4) is 11.8 Å². The molecule has 0 saturated heterocycles. The topological polar surface area (TPSA) is 62.2 Å². The summed E-state index contributed by atoms with van der Waals surface area (Å²) in [7, 11) is 0. The van der Waals surface area contributed by atoms with Crippen molar-refractivity contribution in [2.75, 3.05) is 13.2 Å². The molecule has 4 nitrogen and oxygen atoms in total. The Kier molecular flexibility index (Phi) is 5.53. The summed E-state index contributed by atoms with van der Waals surface area (Å²) in [4.78, 5) is 15.9. The monoisotopic (exact) mass is 260 g/mol. The smallest absolute Gasteiger partial charge is 0.252 e. The number of amides is 1. The molecule has 0 saturated carbocycles. The highest BCUT2D eigenvalue weighted by Crippen LogP contribution is 2.11. The summed E-state index contributed by atoms with van der Waals surface area (Å²) < 4.78 is 0. The standard InChI is InChI=1S/C15H20N2O2/c1-15(2,3)11-17-14(19)13-8-12(9-16-10-13)6-4-5-7-18/h8-10,18H,5,7,11H2,1-3H3,(H,17,19). The maximum atomic E-state index is 11.9. The molecule has 0 fully saturated rings. The minimum absolute atomic E-state index is 0.0339. The second-order valence-corrected chi connectivity index (χ2v) is 5.48. The van der Waals surface area contributed by atoms with Gasteiger partial charge in [-0.3, -0.25) is 9.78 Å². The molecule has 19 heavy (non-hydrogen) atoms. The number of hydrogen-bond donors (Lipinski definition) is 2. The van der Waals surface area contributed by atoms with Crippen LogP contribution in [0.15, 0.2) is 18.5 Å². The Bertz CT molecular complexity index is 493. The van der Waals surface area contributed by atoms with E-state index in [4.69, 9.17) is 5.11 Å². The molecule has 0 spiro atoms. The van der Waals surface area contributed by atoms with Crippen molar-refractivity contribution in [3.05, 3.63) is 29.6 Å². The van der Waals surface area contributed by atoms with Crippen molar-refractivity contribution in [1.29, 1.82) is 0 Å². The fraction of sp³-hybridized carbons (Fsp3) is 0.467. The van der Waals surface area contributed by atoms with Crippen molar-refractivity contribution in [1.82, 2.24) is 10.3 Å². The molecule has 1 aromatic rings. The van der Waals surface area contributed by atoms with Gasteiger partial charge in [-0.2, -0.15) is 0 Å². The van der Waals surface area contributed by atoms with E-state index in [1.165, 1.54) is 6.20 Å². The Morgan fingerprint density at radius 2 is 2.16 bits per heavy atom. The van der Waals surface area contributed by atoms with E-state index in [0.29, 0.717) is 24.1 Å². The minimum atomic E-state index is -0.145. The molecule has 1 rings (SSSR count). The van der Waals surface area contributed by atoms with Gasteiger partial charge in [0.2, 0.25) is 0 Å². The van der Waals surface area contributed by atoms with E-state index in [1.54, 1.807) is 12.3 Å². The normalized spacial score (nSPS) is 10.5. The number of aromatic nitrogens is 1. The summed E-state index contributed by atoms with van der Waals surface area (Å²) in [6.45, 7) is 6.81. The largest absolute Gasteiger partial charge is 0.395 e. The Morgan fingerprint density at radius 3 is 2.79 bits per heavy atom. The molecule has 0 aliphatic carbocycles. The number of aliphatic hydroxyl groups excluding tert-OH is 1. The Morgan fingerprint density at radius 1 is 1.42 bits per heavy atom. The highest BCUT2D eigenvalue weighted by molar-refractivity contribution is 5.94. The SMILES string of the molecule is CC(C)(C)CNC(=O)c1cncc(C#CCCO)c1. The van der Waals surface area contributed by atoms with E-state index in [1.807, 2.05) is 0 Å². The summed E-state index contributed by atoms with van der Waals surface area (Å²) in [5.74, 6) is 5.52. The van der Waals surface area contributed by atoms with Gasteiger partial charge < -0.3 is 10.4 Å². The van der Waals surface area contributed by atoms with Crippen LogP contribution in [0.4, 0.5) is 0 Å². The van der Waals surface area contributed by atoms with Gasteiger partial charge >= 0.3 is 0 Å². The third kappa shape index (κ3) is 6.03. The average molecular weight is 260 g/mol. The number of rotatable bonds is 3. The number of carbonyl (C=O) groups is 1. The van der Waals surface area contributed by atoms with Crippen LogP contribution in [0.3, 0.4) is 0 Å². The molecule has 1 amide bonds. The first-order chi connectivity index (χ1) is 8.92. The number of carbonyl (C=O) groups excluding carboxylic acids is 1. The molecule has 0 atom stereocenters. The molecule has 0 unspecified atom stereocenters. The van der Waals surface area contributed by atoms with Crippen LogP contribution in [-0.2, 0) is 0 Å². The number of pyridine rings is 1. The number of aliphatic hydroxyl groups is 1. The summed E-state index contributed by atoms with van der Waals surface area (Å²) in [5, 5.41) is 11.5. The predicted octanol–water partition coefficient (Wildman–Crippen LogP) is 1.59. The third-order valence-electron chi connectivity index (χ3n) is 2.25. The molecule has 0 aliphatic heterocycles. The molecule has 0 radical (unpaired) electrons. The minimum Gasteiger partial charge on any atom is -0.395 e. The summed E-state index contributed by atoms with van der Waals surface area (Å²) >= 11 is 0.